The van der Waals surface area contributed by atoms with Gasteiger partial charge in [0.1, 0.15) is 11.2 Å². The predicted octanol–water partition coefficient (Wildman–Crippen LogP) is 7.54. The fourth-order valence-corrected chi connectivity index (χ4v) is 14.2. The lowest BCUT2D eigenvalue weighted by Gasteiger charge is -2.69. The second kappa shape index (κ2) is 12.5. The van der Waals surface area contributed by atoms with Crippen LogP contribution in [0.15, 0.2) is 53.1 Å². The highest BCUT2D eigenvalue weighted by atomic mass is 16.6. The number of carbonyl (C=O) groups excluding carboxylic acids is 2. The Balaban J connectivity index is 1.21. The number of piperidine rings is 2. The van der Waals surface area contributed by atoms with Gasteiger partial charge in [0, 0.05) is 61.7 Å². The third-order valence-corrected chi connectivity index (χ3v) is 16.0. The minimum Gasteiger partial charge on any atom is -0.509 e. The first-order chi connectivity index (χ1) is 25.8. The molecule has 4 aliphatic carbocycles. The third kappa shape index (κ3) is 4.54. The molecule has 8 bridgehead atoms. The van der Waals surface area contributed by atoms with Crippen molar-refractivity contribution in [1.82, 2.24) is 9.80 Å². The van der Waals surface area contributed by atoms with Crippen LogP contribution in [0.2, 0.25) is 0 Å². The van der Waals surface area contributed by atoms with Gasteiger partial charge in [-0.25, -0.2) is 4.79 Å². The van der Waals surface area contributed by atoms with Gasteiger partial charge in [-0.15, -0.1) is 0 Å². The van der Waals surface area contributed by atoms with E-state index in [0.29, 0.717) is 67.2 Å². The molecular formula is C45H59N3O5. The Labute approximate surface area is 315 Å². The van der Waals surface area contributed by atoms with Crippen LogP contribution in [-0.2, 0) is 26.3 Å². The van der Waals surface area contributed by atoms with Crippen molar-refractivity contribution in [1.29, 1.82) is 0 Å². The van der Waals surface area contributed by atoms with Gasteiger partial charge < -0.3 is 25.2 Å². The van der Waals surface area contributed by atoms with E-state index in [-0.39, 0.29) is 35.6 Å². The number of allylic oxidation sites excluding steroid dienone is 2. The summed E-state index contributed by atoms with van der Waals surface area (Å²) in [6, 6.07) is 6.36. The molecule has 10 atom stereocenters. The lowest BCUT2D eigenvalue weighted by Crippen LogP contribution is -2.75. The van der Waals surface area contributed by atoms with E-state index in [9.17, 15) is 9.90 Å². The molecule has 5 fully saturated rings. The van der Waals surface area contributed by atoms with Crippen LogP contribution in [0.1, 0.15) is 119 Å². The Bertz CT molecular complexity index is 1800. The molecule has 12 aliphatic rings. The monoisotopic (exact) mass is 721 g/mol. The van der Waals surface area contributed by atoms with Crippen molar-refractivity contribution in [2.75, 3.05) is 32.7 Å². The maximum Gasteiger partial charge on any atom is 0.339 e. The van der Waals surface area contributed by atoms with Gasteiger partial charge in [-0.2, -0.15) is 0 Å². The number of aryl methyl sites for hydroxylation is 1. The van der Waals surface area contributed by atoms with E-state index in [2.05, 4.69) is 47.9 Å². The first-order valence-corrected chi connectivity index (χ1v) is 21.4. The van der Waals surface area contributed by atoms with Crippen molar-refractivity contribution in [3.05, 3.63) is 69.8 Å². The Hall–Kier alpha value is -3.10. The summed E-state index contributed by atoms with van der Waals surface area (Å²) >= 11 is 0. The number of nitrogens with two attached hydrogens (primary N) is 1. The van der Waals surface area contributed by atoms with Crippen molar-refractivity contribution in [2.45, 2.75) is 115 Å². The van der Waals surface area contributed by atoms with E-state index < -0.39 is 16.4 Å². The number of aliphatic hydroxyl groups excluding tert-OH is 1. The van der Waals surface area contributed by atoms with Crippen molar-refractivity contribution in [3.8, 4) is 0 Å². The first kappa shape index (κ1) is 34.4. The molecule has 3 saturated heterocycles. The summed E-state index contributed by atoms with van der Waals surface area (Å²) in [6.07, 6.45) is 18.1. The van der Waals surface area contributed by atoms with Gasteiger partial charge >= 0.3 is 11.9 Å². The fourth-order valence-electron chi connectivity index (χ4n) is 14.2. The number of fused-ring (bicyclic) bond motifs is 2. The largest absolute Gasteiger partial charge is 0.509 e. The van der Waals surface area contributed by atoms with Gasteiger partial charge in [0.15, 0.2) is 11.4 Å². The molecule has 0 aromatic heterocycles. The van der Waals surface area contributed by atoms with Crippen molar-refractivity contribution >= 4 is 11.9 Å². The van der Waals surface area contributed by atoms with Gasteiger partial charge in [-0.1, -0.05) is 69.0 Å². The van der Waals surface area contributed by atoms with Crippen LogP contribution < -0.4 is 5.73 Å². The van der Waals surface area contributed by atoms with E-state index in [4.69, 9.17) is 15.2 Å². The Morgan fingerprint density at radius 3 is 2.60 bits per heavy atom. The van der Waals surface area contributed by atoms with E-state index in [1.165, 1.54) is 43.4 Å². The minimum absolute atomic E-state index is 0.193. The Morgan fingerprint density at radius 2 is 1.85 bits per heavy atom. The molecule has 53 heavy (non-hydrogen) atoms. The molecule has 8 nitrogen and oxygen atoms in total. The van der Waals surface area contributed by atoms with Crippen LogP contribution in [-0.4, -0.2) is 65.6 Å². The van der Waals surface area contributed by atoms with Gasteiger partial charge in [0.05, 0.1) is 11.0 Å². The number of benzene rings is 1. The summed E-state index contributed by atoms with van der Waals surface area (Å²) in [4.78, 5) is 35.0. The van der Waals surface area contributed by atoms with Gasteiger partial charge in [-0.05, 0) is 100.0 Å². The van der Waals surface area contributed by atoms with Gasteiger partial charge in [0.2, 0.25) is 0 Å². The minimum atomic E-state index is -1.09. The zero-order valence-electron chi connectivity index (χ0n) is 31.9. The van der Waals surface area contributed by atoms with Crippen molar-refractivity contribution < 1.29 is 24.2 Å². The Morgan fingerprint density at radius 1 is 1.06 bits per heavy atom. The van der Waals surface area contributed by atoms with E-state index in [1.807, 2.05) is 6.07 Å². The zero-order valence-corrected chi connectivity index (χ0v) is 31.9. The molecule has 0 radical (unpaired) electrons. The average Bonchev–Trinajstić information content (AvgIpc) is 3.86. The molecule has 0 amide bonds. The number of nitrogens with zero attached hydrogens (tertiary/aromatic N) is 2. The predicted molar refractivity (Wildman–Crippen MR) is 202 cm³/mol. The molecule has 1 unspecified atom stereocenters. The van der Waals surface area contributed by atoms with Crippen LogP contribution >= 0.6 is 0 Å². The average molecular weight is 722 g/mol. The van der Waals surface area contributed by atoms with Crippen LogP contribution in [0.5, 0.6) is 0 Å². The molecule has 8 heteroatoms. The summed E-state index contributed by atoms with van der Waals surface area (Å²) in [5.41, 5.74) is 8.17. The maximum atomic E-state index is 15.1. The molecule has 1 aromatic rings. The molecule has 8 aliphatic heterocycles. The molecule has 2 spiro atoms. The molecule has 2 saturated carbocycles. The second-order valence-electron chi connectivity index (χ2n) is 18.8. The zero-order chi connectivity index (χ0) is 36.3. The summed E-state index contributed by atoms with van der Waals surface area (Å²) in [7, 11) is 0. The molecule has 284 valence electrons. The number of rotatable bonds is 6. The van der Waals surface area contributed by atoms with E-state index >= 15 is 4.79 Å². The summed E-state index contributed by atoms with van der Waals surface area (Å²) in [6.45, 7) is 9.39. The molecule has 3 N–H and O–H groups in total. The molecule has 8 heterocycles. The molecular weight excluding hydrogens is 663 g/mol. The summed E-state index contributed by atoms with van der Waals surface area (Å²) in [5, 5.41) is 12.8. The number of aliphatic hydroxyl groups is 1. The number of ether oxygens (including phenoxy) is 2. The fraction of sp³-hybridized carbons (Fsp3) is 0.689. The van der Waals surface area contributed by atoms with Gasteiger partial charge in [0.25, 0.3) is 0 Å². The van der Waals surface area contributed by atoms with Crippen LogP contribution in [0.3, 0.4) is 0 Å². The first-order valence-electron chi connectivity index (χ1n) is 21.4. The van der Waals surface area contributed by atoms with E-state index in [1.54, 1.807) is 0 Å². The lowest BCUT2D eigenvalue weighted by molar-refractivity contribution is -0.272. The number of carbonyl (C=O) groups is 2. The van der Waals surface area contributed by atoms with Gasteiger partial charge in [-0.3, -0.25) is 9.69 Å². The van der Waals surface area contributed by atoms with Crippen LogP contribution in [0.25, 0.3) is 0 Å². The third-order valence-electron chi connectivity index (χ3n) is 16.0. The second-order valence-corrected chi connectivity index (χ2v) is 18.8. The lowest BCUT2D eigenvalue weighted by atomic mass is 9.31. The quantitative estimate of drug-likeness (QED) is 0.230. The van der Waals surface area contributed by atoms with Crippen molar-refractivity contribution in [2.24, 2.45) is 52.1 Å². The summed E-state index contributed by atoms with van der Waals surface area (Å²) < 4.78 is 13.6. The highest BCUT2D eigenvalue weighted by Crippen LogP contribution is 2.85. The maximum absolute atomic E-state index is 15.1. The Kier molecular flexibility index (Phi) is 8.08. The van der Waals surface area contributed by atoms with Crippen molar-refractivity contribution in [3.63, 3.8) is 0 Å². The topological polar surface area (TPSA) is 105 Å². The summed E-state index contributed by atoms with van der Waals surface area (Å²) in [5.74, 6) is 2.30. The normalized spacial score (nSPS) is 42.7. The number of esters is 2. The SMILES string of the molecule is CCC[C@@H]1[C@@]2(OC(=O)c3c(CCCN)cccc32)[C@@]23CCC4=C[C@@]12C(=O)O/C3=C(\O)C[C@@H](C1CCCC1)N1C[C@@H]2C[C@@H](CN(C2)C2=CC[C@@H](C)C[C@@H]42)C1. The standard InChI is InChI=1S/C45H59N3O5/c1-3-8-38-43-22-32-16-17-44(43,45(38)34-13-6-11-31(12-7-18-46)39(34)41(50)53-45)40(52-42(43)51)37(49)21-36(30-9-4-5-10-30)48-25-28-20-29(26-48)24-47(23-28)35-15-14-27(2)19-33(32)35/h6,11,13,15,22,27-30,33,36,38,49H,3-5,7-10,12,14,16-21,23-26,46H2,1-2H3/b40-37-/t27-,28-,29+,33+,36+,38+,43+,44-,45-/m1/s1. The van der Waals surface area contributed by atoms with Crippen LogP contribution in [0, 0.1) is 46.3 Å². The highest BCUT2D eigenvalue weighted by molar-refractivity contribution is 5.99. The molecule has 1 aromatic carbocycles. The van der Waals surface area contributed by atoms with Crippen LogP contribution in [0.4, 0.5) is 0 Å². The molecule has 13 rings (SSSR count). The number of hydrogen-bond acceptors (Lipinski definition) is 8. The number of hydrogen-bond donors (Lipinski definition) is 2. The smallest absolute Gasteiger partial charge is 0.339 e. The van der Waals surface area contributed by atoms with E-state index in [0.717, 1.165) is 69.4 Å². The highest BCUT2D eigenvalue weighted by Gasteiger charge is 2.91.